The molecular weight excluding hydrogens is 286 g/mol. The monoisotopic (exact) mass is 303 g/mol. The Labute approximate surface area is 118 Å². The van der Waals surface area contributed by atoms with Crippen LogP contribution in [0.25, 0.3) is 0 Å². The van der Waals surface area contributed by atoms with E-state index in [0.29, 0.717) is 0 Å². The summed E-state index contributed by atoms with van der Waals surface area (Å²) in [5.74, 6) is -0.0209. The van der Waals surface area contributed by atoms with Gasteiger partial charge in [0.1, 0.15) is 30.2 Å². The van der Waals surface area contributed by atoms with Gasteiger partial charge in [-0.3, -0.25) is 14.3 Å². The number of nitrogens with one attached hydrogen (secondary N) is 2. The molecule has 21 heavy (non-hydrogen) atoms. The van der Waals surface area contributed by atoms with E-state index in [4.69, 9.17) is 9.84 Å². The molecule has 0 bridgehead atoms. The smallest absolute Gasteiger partial charge is 0.329 e. The number of aliphatic hydroxyl groups excluding tert-OH is 4. The molecule has 118 valence electrons. The molecule has 2 rings (SSSR count). The van der Waals surface area contributed by atoms with Crippen molar-refractivity contribution in [1.82, 2.24) is 9.55 Å². The first kappa shape index (κ1) is 15.7. The van der Waals surface area contributed by atoms with Gasteiger partial charge in [-0.2, -0.15) is 0 Å². The van der Waals surface area contributed by atoms with Crippen LogP contribution in [0.5, 0.6) is 0 Å². The molecule has 0 radical (unpaired) electrons. The van der Waals surface area contributed by atoms with Crippen LogP contribution in [-0.4, -0.2) is 67.2 Å². The minimum Gasteiger partial charge on any atom is -0.394 e. The van der Waals surface area contributed by atoms with Crippen molar-refractivity contribution < 1.29 is 25.2 Å². The summed E-state index contributed by atoms with van der Waals surface area (Å²) in [7, 11) is 1.29. The van der Waals surface area contributed by atoms with Crippen LogP contribution in [0.3, 0.4) is 0 Å². The maximum Gasteiger partial charge on any atom is 0.329 e. The average molecular weight is 303 g/mol. The van der Waals surface area contributed by atoms with Gasteiger partial charge in [0.15, 0.2) is 6.23 Å². The first-order chi connectivity index (χ1) is 9.85. The molecule has 1 aliphatic rings. The lowest BCUT2D eigenvalue weighted by Gasteiger charge is -2.40. The Morgan fingerprint density at radius 2 is 1.95 bits per heavy atom. The summed E-state index contributed by atoms with van der Waals surface area (Å²) in [6.07, 6.45) is -6.85. The van der Waals surface area contributed by atoms with Crippen LogP contribution in [0.4, 0.5) is 5.82 Å². The fourth-order valence-electron chi connectivity index (χ4n) is 2.01. The van der Waals surface area contributed by atoms with Crippen molar-refractivity contribution in [2.75, 3.05) is 11.9 Å². The van der Waals surface area contributed by atoms with Gasteiger partial charge in [0, 0.05) is 13.1 Å². The summed E-state index contributed by atoms with van der Waals surface area (Å²) >= 11 is 0. The van der Waals surface area contributed by atoms with E-state index < -0.39 is 48.5 Å². The van der Waals surface area contributed by atoms with E-state index in [1.807, 2.05) is 0 Å². The Balaban J connectivity index is 2.22. The second-order valence-corrected chi connectivity index (χ2v) is 4.78. The first-order valence-corrected chi connectivity index (χ1v) is 6.22. The Hall–Kier alpha value is -1.72. The molecule has 2 heterocycles. The highest BCUT2D eigenvalue weighted by Gasteiger charge is 2.43. The summed E-state index contributed by atoms with van der Waals surface area (Å²) in [5, 5.41) is 40.7. The highest BCUT2D eigenvalue weighted by molar-refractivity contribution is 5.33. The largest absolute Gasteiger partial charge is 0.394 e. The van der Waals surface area contributed by atoms with Crippen LogP contribution >= 0.6 is 0 Å². The fourth-order valence-corrected chi connectivity index (χ4v) is 2.01. The molecule has 0 amide bonds. The number of nitrogens with zero attached hydrogens (tertiary/aromatic N) is 1. The highest BCUT2D eigenvalue weighted by atomic mass is 16.6. The van der Waals surface area contributed by atoms with Gasteiger partial charge in [-0.15, -0.1) is 0 Å². The lowest BCUT2D eigenvalue weighted by atomic mass is 9.98. The van der Waals surface area contributed by atoms with E-state index >= 15 is 0 Å². The molecule has 0 aromatic carbocycles. The Kier molecular flexibility index (Phi) is 4.44. The fraction of sp³-hybridized carbons (Fsp3) is 0.636. The molecule has 1 aromatic rings. The maximum atomic E-state index is 11.5. The van der Waals surface area contributed by atoms with Gasteiger partial charge in [-0.05, 0) is 0 Å². The van der Waals surface area contributed by atoms with Crippen LogP contribution in [0.15, 0.2) is 15.7 Å². The van der Waals surface area contributed by atoms with Crippen LogP contribution in [-0.2, 0) is 11.8 Å². The van der Waals surface area contributed by atoms with E-state index in [1.165, 1.54) is 7.05 Å². The molecule has 0 unspecified atom stereocenters. The highest BCUT2D eigenvalue weighted by Crippen LogP contribution is 2.21. The van der Waals surface area contributed by atoms with Crippen molar-refractivity contribution in [3.05, 3.63) is 26.9 Å². The average Bonchev–Trinajstić information content (AvgIpc) is 2.45. The van der Waals surface area contributed by atoms with Gasteiger partial charge in [-0.25, -0.2) is 4.79 Å². The lowest BCUT2D eigenvalue weighted by molar-refractivity contribution is -0.221. The second-order valence-electron chi connectivity index (χ2n) is 4.78. The van der Waals surface area contributed by atoms with Gasteiger partial charge in [0.05, 0.1) is 6.61 Å². The molecule has 1 aliphatic heterocycles. The predicted molar refractivity (Wildman–Crippen MR) is 69.7 cm³/mol. The van der Waals surface area contributed by atoms with E-state index in [-0.39, 0.29) is 5.82 Å². The van der Waals surface area contributed by atoms with Crippen molar-refractivity contribution in [2.24, 2.45) is 7.05 Å². The third kappa shape index (κ3) is 2.99. The number of anilines is 1. The third-order valence-corrected chi connectivity index (χ3v) is 3.33. The Morgan fingerprint density at radius 1 is 1.29 bits per heavy atom. The van der Waals surface area contributed by atoms with E-state index in [9.17, 15) is 24.9 Å². The molecule has 0 saturated carbocycles. The Morgan fingerprint density at radius 3 is 2.52 bits per heavy atom. The molecule has 1 fully saturated rings. The number of hydrogen-bond donors (Lipinski definition) is 6. The molecule has 6 N–H and O–H groups in total. The van der Waals surface area contributed by atoms with Crippen LogP contribution in [0.2, 0.25) is 0 Å². The van der Waals surface area contributed by atoms with Crippen molar-refractivity contribution in [1.29, 1.82) is 0 Å². The Bertz CT molecular complexity index is 579. The zero-order chi connectivity index (χ0) is 15.7. The number of H-pyrrole nitrogens is 1. The molecule has 0 spiro atoms. The molecule has 10 heteroatoms. The zero-order valence-electron chi connectivity index (χ0n) is 11.1. The first-order valence-electron chi connectivity index (χ1n) is 6.22. The van der Waals surface area contributed by atoms with E-state index in [2.05, 4.69) is 10.3 Å². The van der Waals surface area contributed by atoms with E-state index in [0.717, 1.165) is 10.6 Å². The third-order valence-electron chi connectivity index (χ3n) is 3.33. The summed E-state index contributed by atoms with van der Waals surface area (Å²) in [4.78, 5) is 25.3. The van der Waals surface area contributed by atoms with Crippen LogP contribution < -0.4 is 16.6 Å². The molecule has 5 atom stereocenters. The number of aromatic amines is 1. The van der Waals surface area contributed by atoms with Crippen molar-refractivity contribution >= 4 is 5.82 Å². The number of ether oxygens (including phenoxy) is 1. The summed E-state index contributed by atoms with van der Waals surface area (Å²) in [6.45, 7) is -0.573. The van der Waals surface area contributed by atoms with E-state index in [1.54, 1.807) is 0 Å². The second kappa shape index (κ2) is 5.95. The number of hydrogen-bond acceptors (Lipinski definition) is 8. The SMILES string of the molecule is Cn1c(=O)cc(N[C@@H]2O[C@@H](CO)[C@@H](O)[C@@H](O)[C@H]2O)[nH]c1=O. The molecule has 1 saturated heterocycles. The minimum absolute atomic E-state index is 0.0209. The van der Waals surface area contributed by atoms with Gasteiger partial charge in [-0.1, -0.05) is 0 Å². The van der Waals surface area contributed by atoms with Gasteiger partial charge < -0.3 is 30.5 Å². The summed E-state index contributed by atoms with van der Waals surface area (Å²) in [6, 6.07) is 1.07. The summed E-state index contributed by atoms with van der Waals surface area (Å²) < 4.78 is 6.04. The number of aliphatic hydroxyl groups is 4. The zero-order valence-corrected chi connectivity index (χ0v) is 11.1. The molecule has 1 aromatic heterocycles. The van der Waals surface area contributed by atoms with Crippen molar-refractivity contribution in [3.63, 3.8) is 0 Å². The summed E-state index contributed by atoms with van der Waals surface area (Å²) in [5.41, 5.74) is -1.25. The quantitative estimate of drug-likeness (QED) is 0.333. The normalized spacial score (nSPS) is 32.9. The predicted octanol–water partition coefficient (Wildman–Crippen LogP) is -3.71. The molecule has 0 aliphatic carbocycles. The topological polar surface area (TPSA) is 157 Å². The lowest BCUT2D eigenvalue weighted by Crippen LogP contribution is -2.60. The van der Waals surface area contributed by atoms with Crippen molar-refractivity contribution in [3.8, 4) is 0 Å². The van der Waals surface area contributed by atoms with Gasteiger partial charge in [0.25, 0.3) is 5.56 Å². The van der Waals surface area contributed by atoms with Gasteiger partial charge in [0.2, 0.25) is 0 Å². The standard InChI is InChI=1S/C11H17N3O7/c1-14-6(16)2-5(13-11(14)20)12-10-9(19)8(18)7(17)4(3-15)21-10/h2,4,7-10,12,15,17-19H,3H2,1H3,(H,13,20)/t4-,7+,8+,9+,10+/m0/s1. The minimum atomic E-state index is -1.55. The number of aromatic nitrogens is 2. The number of rotatable bonds is 3. The van der Waals surface area contributed by atoms with Crippen LogP contribution in [0, 0.1) is 0 Å². The van der Waals surface area contributed by atoms with Crippen LogP contribution in [0.1, 0.15) is 0 Å². The maximum absolute atomic E-state index is 11.5. The van der Waals surface area contributed by atoms with Gasteiger partial charge >= 0.3 is 5.69 Å². The van der Waals surface area contributed by atoms with Crippen molar-refractivity contribution in [2.45, 2.75) is 30.6 Å². The molecular formula is C11H17N3O7. The molecule has 10 nitrogen and oxygen atoms in total.